The van der Waals surface area contributed by atoms with E-state index in [1.807, 2.05) is 30.1 Å². The molecule has 6 nitrogen and oxygen atoms in total. The third-order valence-electron chi connectivity index (χ3n) is 5.72. The van der Waals surface area contributed by atoms with Crippen molar-refractivity contribution in [2.75, 3.05) is 26.7 Å². The Bertz CT molecular complexity index is 849. The summed E-state index contributed by atoms with van der Waals surface area (Å²) in [6.45, 7) is 6.50. The van der Waals surface area contributed by atoms with Gasteiger partial charge >= 0.3 is 0 Å². The third-order valence-corrected chi connectivity index (χ3v) is 5.72. The van der Waals surface area contributed by atoms with Crippen LogP contribution in [0.1, 0.15) is 37.1 Å². The van der Waals surface area contributed by atoms with E-state index in [-0.39, 0.29) is 0 Å². The maximum atomic E-state index is 4.75. The highest BCUT2D eigenvalue weighted by atomic mass is 15.3. The summed E-state index contributed by atoms with van der Waals surface area (Å²) in [5, 5.41) is 4.43. The van der Waals surface area contributed by atoms with Gasteiger partial charge in [0.2, 0.25) is 0 Å². The van der Waals surface area contributed by atoms with Gasteiger partial charge in [-0.3, -0.25) is 9.58 Å². The van der Waals surface area contributed by atoms with Crippen LogP contribution in [-0.4, -0.2) is 55.6 Å². The summed E-state index contributed by atoms with van der Waals surface area (Å²) in [7, 11) is 4.22. The molecule has 0 saturated carbocycles. The molecule has 0 amide bonds. The van der Waals surface area contributed by atoms with E-state index in [1.54, 1.807) is 0 Å². The van der Waals surface area contributed by atoms with Crippen LogP contribution in [0, 0.1) is 5.92 Å². The van der Waals surface area contributed by atoms with Crippen molar-refractivity contribution in [1.82, 2.24) is 29.0 Å². The van der Waals surface area contributed by atoms with Gasteiger partial charge in [0.1, 0.15) is 5.65 Å². The third kappa shape index (κ3) is 3.92. The van der Waals surface area contributed by atoms with Crippen molar-refractivity contribution < 1.29 is 0 Å². The van der Waals surface area contributed by atoms with E-state index in [4.69, 9.17) is 4.98 Å². The minimum absolute atomic E-state index is 0.459. The average Bonchev–Trinajstić information content (AvgIpc) is 3.26. The molecule has 0 N–H and O–H groups in total. The van der Waals surface area contributed by atoms with Gasteiger partial charge in [0.15, 0.2) is 0 Å². The maximum Gasteiger partial charge on any atom is 0.137 e. The number of imidazole rings is 1. The molecule has 1 aliphatic heterocycles. The first kappa shape index (κ1) is 18.2. The van der Waals surface area contributed by atoms with Crippen molar-refractivity contribution in [2.45, 2.75) is 32.4 Å². The van der Waals surface area contributed by atoms with Crippen molar-refractivity contribution >= 4 is 5.65 Å². The number of nitrogens with zero attached hydrogens (tertiary/aromatic N) is 6. The number of likely N-dealkylation sites (tertiary alicyclic amines) is 1. The van der Waals surface area contributed by atoms with E-state index in [0.29, 0.717) is 12.0 Å². The Morgan fingerprint density at radius 1 is 1.26 bits per heavy atom. The highest BCUT2D eigenvalue weighted by molar-refractivity contribution is 5.39. The Hall–Kier alpha value is -2.18. The second-order valence-electron chi connectivity index (χ2n) is 7.82. The number of piperidine rings is 1. The summed E-state index contributed by atoms with van der Waals surface area (Å²) in [5.74, 6) is 0.616. The number of aromatic nitrogens is 4. The summed E-state index contributed by atoms with van der Waals surface area (Å²) in [5.41, 5.74) is 3.50. The molecule has 0 aromatic carbocycles. The van der Waals surface area contributed by atoms with Gasteiger partial charge in [-0.1, -0.05) is 13.0 Å². The summed E-state index contributed by atoms with van der Waals surface area (Å²) in [4.78, 5) is 9.80. The van der Waals surface area contributed by atoms with Crippen LogP contribution in [0.25, 0.3) is 5.65 Å². The molecule has 3 aromatic heterocycles. The van der Waals surface area contributed by atoms with Crippen LogP contribution in [-0.2, 0) is 13.6 Å². The SMILES string of the molecule is CCN1CCC[C@@H](CN(C)Cc2cn3ccccc3n2)[C@@H]1c1cnn(C)c1. The molecule has 6 heteroatoms. The summed E-state index contributed by atoms with van der Waals surface area (Å²) in [6, 6.07) is 6.60. The van der Waals surface area contributed by atoms with E-state index >= 15 is 0 Å². The number of aryl methyl sites for hydroxylation is 1. The maximum absolute atomic E-state index is 4.75. The Morgan fingerprint density at radius 2 is 2.15 bits per heavy atom. The molecular weight excluding hydrogens is 336 g/mol. The van der Waals surface area contributed by atoms with Crippen LogP contribution in [0.4, 0.5) is 0 Å². The molecule has 0 bridgehead atoms. The first-order chi connectivity index (χ1) is 13.1. The zero-order valence-electron chi connectivity index (χ0n) is 16.6. The smallest absolute Gasteiger partial charge is 0.137 e. The number of hydrogen-bond acceptors (Lipinski definition) is 4. The molecule has 0 spiro atoms. The predicted molar refractivity (Wildman–Crippen MR) is 107 cm³/mol. The number of hydrogen-bond donors (Lipinski definition) is 0. The molecule has 0 radical (unpaired) electrons. The van der Waals surface area contributed by atoms with E-state index in [2.05, 4.69) is 57.9 Å². The van der Waals surface area contributed by atoms with Gasteiger partial charge in [0, 0.05) is 50.3 Å². The molecule has 0 unspecified atom stereocenters. The first-order valence-corrected chi connectivity index (χ1v) is 9.98. The lowest BCUT2D eigenvalue weighted by Gasteiger charge is -2.42. The van der Waals surface area contributed by atoms with E-state index in [0.717, 1.165) is 31.0 Å². The molecule has 1 fully saturated rings. The Morgan fingerprint density at radius 3 is 2.89 bits per heavy atom. The van der Waals surface area contributed by atoms with Crippen molar-refractivity contribution in [3.63, 3.8) is 0 Å². The van der Waals surface area contributed by atoms with E-state index < -0.39 is 0 Å². The van der Waals surface area contributed by atoms with E-state index in [1.165, 1.54) is 24.9 Å². The average molecular weight is 367 g/mol. The summed E-state index contributed by atoms with van der Waals surface area (Å²) >= 11 is 0. The molecule has 1 saturated heterocycles. The minimum Gasteiger partial charge on any atom is -0.307 e. The molecule has 4 heterocycles. The molecule has 27 heavy (non-hydrogen) atoms. The Balaban J connectivity index is 1.48. The first-order valence-electron chi connectivity index (χ1n) is 9.98. The second kappa shape index (κ2) is 7.82. The predicted octanol–water partition coefficient (Wildman–Crippen LogP) is 2.97. The summed E-state index contributed by atoms with van der Waals surface area (Å²) in [6.07, 6.45) is 11.0. The largest absolute Gasteiger partial charge is 0.307 e. The lowest BCUT2D eigenvalue weighted by molar-refractivity contribution is 0.0747. The van der Waals surface area contributed by atoms with Crippen LogP contribution >= 0.6 is 0 Å². The van der Waals surface area contributed by atoms with Gasteiger partial charge < -0.3 is 9.30 Å². The van der Waals surface area contributed by atoms with Gasteiger partial charge in [-0.25, -0.2) is 4.98 Å². The van der Waals surface area contributed by atoms with Crippen LogP contribution in [0.5, 0.6) is 0 Å². The second-order valence-corrected chi connectivity index (χ2v) is 7.82. The number of pyridine rings is 1. The van der Waals surface area contributed by atoms with Crippen LogP contribution in [0.2, 0.25) is 0 Å². The summed E-state index contributed by atoms with van der Waals surface area (Å²) < 4.78 is 4.02. The van der Waals surface area contributed by atoms with Crippen molar-refractivity contribution in [3.8, 4) is 0 Å². The molecule has 4 rings (SSSR count). The van der Waals surface area contributed by atoms with E-state index in [9.17, 15) is 0 Å². The fourth-order valence-corrected chi connectivity index (χ4v) is 4.58. The lowest BCUT2D eigenvalue weighted by atomic mass is 9.85. The normalized spacial score (nSPS) is 21.3. The molecular formula is C21H30N6. The van der Waals surface area contributed by atoms with Crippen molar-refractivity contribution in [1.29, 1.82) is 0 Å². The highest BCUT2D eigenvalue weighted by Crippen LogP contribution is 2.36. The highest BCUT2D eigenvalue weighted by Gasteiger charge is 2.33. The molecule has 2 atom stereocenters. The topological polar surface area (TPSA) is 41.6 Å². The molecule has 144 valence electrons. The molecule has 1 aliphatic rings. The standard InChI is InChI=1S/C21H30N6/c1-4-26-11-7-8-17(21(26)18-12-22-25(3)14-18)13-24(2)15-19-16-27-10-6-5-9-20(27)23-19/h5-6,9-10,12,14,16-17,21H,4,7-8,11,13,15H2,1-3H3/t17-,21+/m0/s1. The Labute approximate surface area is 161 Å². The van der Waals surface area contributed by atoms with Crippen LogP contribution in [0.15, 0.2) is 43.0 Å². The van der Waals surface area contributed by atoms with Crippen molar-refractivity contribution in [3.05, 3.63) is 54.2 Å². The van der Waals surface area contributed by atoms with Crippen LogP contribution < -0.4 is 0 Å². The quantitative estimate of drug-likeness (QED) is 0.673. The fraction of sp³-hybridized carbons (Fsp3) is 0.524. The van der Waals surface area contributed by atoms with Gasteiger partial charge in [-0.15, -0.1) is 0 Å². The van der Waals surface area contributed by atoms with Crippen LogP contribution in [0.3, 0.4) is 0 Å². The van der Waals surface area contributed by atoms with Gasteiger partial charge in [-0.05, 0) is 51.0 Å². The minimum atomic E-state index is 0.459. The Kier molecular flexibility index (Phi) is 5.27. The zero-order chi connectivity index (χ0) is 18.8. The van der Waals surface area contributed by atoms with Gasteiger partial charge in [0.25, 0.3) is 0 Å². The zero-order valence-corrected chi connectivity index (χ0v) is 16.6. The number of rotatable bonds is 6. The molecule has 3 aromatic rings. The number of fused-ring (bicyclic) bond motifs is 1. The van der Waals surface area contributed by atoms with Gasteiger partial charge in [-0.2, -0.15) is 5.10 Å². The van der Waals surface area contributed by atoms with Gasteiger partial charge in [0.05, 0.1) is 11.9 Å². The van der Waals surface area contributed by atoms with Crippen molar-refractivity contribution in [2.24, 2.45) is 13.0 Å². The fourth-order valence-electron chi connectivity index (χ4n) is 4.58. The molecule has 0 aliphatic carbocycles. The monoisotopic (exact) mass is 366 g/mol. The lowest BCUT2D eigenvalue weighted by Crippen LogP contribution is -2.42.